The monoisotopic (exact) mass is 332 g/mol. The Morgan fingerprint density at radius 1 is 0.833 bits per heavy atom. The maximum atomic E-state index is 13.9. The molecular weight excluding hydrogens is 302 g/mol. The third-order valence-electron chi connectivity index (χ3n) is 7.15. The lowest BCUT2D eigenvalue weighted by Gasteiger charge is -2.36. The predicted octanol–water partition coefficient (Wildman–Crippen LogP) is 6.85. The Balaban J connectivity index is 1.26. The molecule has 0 saturated heterocycles. The number of halogens is 2. The van der Waals surface area contributed by atoms with Crippen LogP contribution in [0.1, 0.15) is 82.1 Å². The highest BCUT2D eigenvalue weighted by molar-refractivity contribution is 5.28. The van der Waals surface area contributed by atoms with Gasteiger partial charge in [-0.05, 0) is 66.9 Å². The normalized spacial score (nSPS) is 34.2. The van der Waals surface area contributed by atoms with Gasteiger partial charge < -0.3 is 0 Å². The van der Waals surface area contributed by atoms with Crippen LogP contribution in [-0.2, 0) is 0 Å². The van der Waals surface area contributed by atoms with E-state index in [-0.39, 0.29) is 5.92 Å². The first-order valence-electron chi connectivity index (χ1n) is 10.2. The second-order valence-electron chi connectivity index (χ2n) is 8.66. The molecule has 1 aromatic carbocycles. The van der Waals surface area contributed by atoms with Crippen molar-refractivity contribution in [3.8, 4) is 0 Å². The van der Waals surface area contributed by atoms with Gasteiger partial charge >= 0.3 is 0 Å². The molecule has 0 amide bonds. The standard InChI is InChI=1S/C22H30F2/c23-21-8-4-7-19(22(21)24)20-14-18(20)13-15-9-11-17(12-10-15)16-5-2-1-3-6-16/h4,7-8,15-18,20H,1-3,5-6,9-14H2. The highest BCUT2D eigenvalue weighted by Crippen LogP contribution is 2.53. The molecule has 0 nitrogen and oxygen atoms in total. The molecule has 4 rings (SSSR count). The van der Waals surface area contributed by atoms with Crippen molar-refractivity contribution in [2.75, 3.05) is 0 Å². The first-order valence-corrected chi connectivity index (χ1v) is 10.2. The summed E-state index contributed by atoms with van der Waals surface area (Å²) in [5, 5.41) is 0. The van der Waals surface area contributed by atoms with Crippen LogP contribution in [0.25, 0.3) is 0 Å². The quantitative estimate of drug-likeness (QED) is 0.566. The van der Waals surface area contributed by atoms with Gasteiger partial charge in [-0.25, -0.2) is 8.78 Å². The summed E-state index contributed by atoms with van der Waals surface area (Å²) in [6, 6.07) is 4.66. The van der Waals surface area contributed by atoms with E-state index in [4.69, 9.17) is 0 Å². The summed E-state index contributed by atoms with van der Waals surface area (Å²) in [5.74, 6) is 2.40. The van der Waals surface area contributed by atoms with Gasteiger partial charge in [0, 0.05) is 0 Å². The van der Waals surface area contributed by atoms with Crippen LogP contribution in [-0.4, -0.2) is 0 Å². The molecule has 3 aliphatic rings. The predicted molar refractivity (Wildman–Crippen MR) is 93.8 cm³/mol. The molecule has 2 heteroatoms. The van der Waals surface area contributed by atoms with Crippen molar-refractivity contribution in [1.29, 1.82) is 0 Å². The Hall–Kier alpha value is -0.920. The van der Waals surface area contributed by atoms with E-state index in [1.165, 1.54) is 70.3 Å². The third kappa shape index (κ3) is 3.53. The fraction of sp³-hybridized carbons (Fsp3) is 0.727. The van der Waals surface area contributed by atoms with E-state index in [0.717, 1.165) is 24.2 Å². The van der Waals surface area contributed by atoms with Crippen LogP contribution in [0.2, 0.25) is 0 Å². The van der Waals surface area contributed by atoms with Crippen LogP contribution in [0.4, 0.5) is 8.78 Å². The van der Waals surface area contributed by atoms with Crippen molar-refractivity contribution in [2.45, 2.75) is 76.5 Å². The largest absolute Gasteiger partial charge is 0.204 e. The minimum Gasteiger partial charge on any atom is -0.204 e. The molecule has 0 spiro atoms. The molecule has 1 aromatic rings. The molecule has 132 valence electrons. The van der Waals surface area contributed by atoms with Crippen LogP contribution in [0.3, 0.4) is 0 Å². The van der Waals surface area contributed by atoms with Gasteiger partial charge in [0.05, 0.1) is 0 Å². The molecule has 0 bridgehead atoms. The molecular formula is C22H30F2. The molecule has 0 heterocycles. The molecule has 0 radical (unpaired) electrons. The molecule has 3 aliphatic carbocycles. The molecule has 0 N–H and O–H groups in total. The molecule has 2 unspecified atom stereocenters. The first kappa shape index (κ1) is 16.5. The fourth-order valence-electron chi connectivity index (χ4n) is 5.62. The van der Waals surface area contributed by atoms with Gasteiger partial charge in [-0.3, -0.25) is 0 Å². The molecule has 2 atom stereocenters. The van der Waals surface area contributed by atoms with Gasteiger partial charge in [-0.1, -0.05) is 57.1 Å². The Kier molecular flexibility index (Phi) is 4.92. The molecule has 0 aliphatic heterocycles. The topological polar surface area (TPSA) is 0 Å². The summed E-state index contributed by atoms with van der Waals surface area (Å²) in [6.45, 7) is 0. The highest BCUT2D eigenvalue weighted by Gasteiger charge is 2.42. The Morgan fingerprint density at radius 2 is 1.54 bits per heavy atom. The maximum Gasteiger partial charge on any atom is 0.162 e. The van der Waals surface area contributed by atoms with E-state index < -0.39 is 11.6 Å². The van der Waals surface area contributed by atoms with Crippen molar-refractivity contribution < 1.29 is 8.78 Å². The van der Waals surface area contributed by atoms with Crippen molar-refractivity contribution >= 4 is 0 Å². The van der Waals surface area contributed by atoms with E-state index in [1.807, 2.05) is 0 Å². The van der Waals surface area contributed by atoms with Crippen LogP contribution < -0.4 is 0 Å². The summed E-state index contributed by atoms with van der Waals surface area (Å²) in [5.41, 5.74) is 0.621. The van der Waals surface area contributed by atoms with Crippen LogP contribution in [0, 0.1) is 35.3 Å². The van der Waals surface area contributed by atoms with Gasteiger partial charge in [0.15, 0.2) is 11.6 Å². The minimum absolute atomic E-state index is 0.275. The van der Waals surface area contributed by atoms with E-state index in [1.54, 1.807) is 12.1 Å². The second-order valence-corrected chi connectivity index (χ2v) is 8.66. The summed E-state index contributed by atoms with van der Waals surface area (Å²) >= 11 is 0. The van der Waals surface area contributed by atoms with Crippen LogP contribution in [0.5, 0.6) is 0 Å². The van der Waals surface area contributed by atoms with E-state index >= 15 is 0 Å². The lowest BCUT2D eigenvalue weighted by Crippen LogP contribution is -2.23. The van der Waals surface area contributed by atoms with Crippen molar-refractivity contribution in [3.05, 3.63) is 35.4 Å². The highest BCUT2D eigenvalue weighted by atomic mass is 19.2. The summed E-state index contributed by atoms with van der Waals surface area (Å²) in [4.78, 5) is 0. The lowest BCUT2D eigenvalue weighted by molar-refractivity contribution is 0.161. The zero-order valence-electron chi connectivity index (χ0n) is 14.7. The second kappa shape index (κ2) is 7.14. The SMILES string of the molecule is Fc1cccc(C2CC2CC2CCC(C3CCCCC3)CC2)c1F. The Bertz CT molecular complexity index is 553. The van der Waals surface area contributed by atoms with Crippen LogP contribution in [0.15, 0.2) is 18.2 Å². The Labute approximate surface area is 145 Å². The van der Waals surface area contributed by atoms with E-state index in [9.17, 15) is 8.78 Å². The average Bonchev–Trinajstić information content (AvgIpc) is 3.38. The van der Waals surface area contributed by atoms with Crippen LogP contribution >= 0.6 is 0 Å². The molecule has 0 aromatic heterocycles. The maximum absolute atomic E-state index is 13.9. The fourth-order valence-corrected chi connectivity index (χ4v) is 5.62. The van der Waals surface area contributed by atoms with Gasteiger partial charge in [0.25, 0.3) is 0 Å². The number of hydrogen-bond donors (Lipinski definition) is 0. The summed E-state index contributed by atoms with van der Waals surface area (Å²) < 4.78 is 27.3. The number of rotatable bonds is 4. The third-order valence-corrected chi connectivity index (χ3v) is 7.15. The van der Waals surface area contributed by atoms with Gasteiger partial charge in [0.2, 0.25) is 0 Å². The summed E-state index contributed by atoms with van der Waals surface area (Å²) in [7, 11) is 0. The summed E-state index contributed by atoms with van der Waals surface area (Å²) in [6.07, 6.45) is 15.2. The molecule has 3 saturated carbocycles. The van der Waals surface area contributed by atoms with Crippen molar-refractivity contribution in [1.82, 2.24) is 0 Å². The van der Waals surface area contributed by atoms with E-state index in [0.29, 0.717) is 11.5 Å². The zero-order chi connectivity index (χ0) is 16.5. The number of benzene rings is 1. The number of hydrogen-bond acceptors (Lipinski definition) is 0. The lowest BCUT2D eigenvalue weighted by atomic mass is 9.70. The smallest absolute Gasteiger partial charge is 0.162 e. The zero-order valence-corrected chi connectivity index (χ0v) is 14.7. The van der Waals surface area contributed by atoms with Gasteiger partial charge in [-0.15, -0.1) is 0 Å². The van der Waals surface area contributed by atoms with Crippen molar-refractivity contribution in [3.63, 3.8) is 0 Å². The average molecular weight is 332 g/mol. The first-order chi connectivity index (χ1) is 11.7. The molecule has 3 fully saturated rings. The minimum atomic E-state index is -0.689. The van der Waals surface area contributed by atoms with Gasteiger partial charge in [0.1, 0.15) is 0 Å². The molecule has 24 heavy (non-hydrogen) atoms. The van der Waals surface area contributed by atoms with Crippen molar-refractivity contribution in [2.24, 2.45) is 23.7 Å². The van der Waals surface area contributed by atoms with E-state index in [2.05, 4.69) is 0 Å². The Morgan fingerprint density at radius 3 is 2.29 bits per heavy atom. The van der Waals surface area contributed by atoms with Gasteiger partial charge in [-0.2, -0.15) is 0 Å².